The summed E-state index contributed by atoms with van der Waals surface area (Å²) in [5.41, 5.74) is -0.0522. The predicted molar refractivity (Wildman–Crippen MR) is 109 cm³/mol. The van der Waals surface area contributed by atoms with Gasteiger partial charge in [-0.15, -0.1) is 0 Å². The van der Waals surface area contributed by atoms with E-state index in [1.807, 2.05) is 0 Å². The van der Waals surface area contributed by atoms with E-state index >= 15 is 0 Å². The molecular formula is C21H21F3N4O4. The molecule has 1 heterocycles. The van der Waals surface area contributed by atoms with E-state index in [-0.39, 0.29) is 24.4 Å². The number of amides is 4. The molecule has 32 heavy (non-hydrogen) atoms. The van der Waals surface area contributed by atoms with Gasteiger partial charge in [-0.2, -0.15) is 0 Å². The third kappa shape index (κ3) is 4.93. The summed E-state index contributed by atoms with van der Waals surface area (Å²) >= 11 is 0. The zero-order valence-electron chi connectivity index (χ0n) is 17.2. The van der Waals surface area contributed by atoms with Crippen LogP contribution < -0.4 is 20.7 Å². The van der Waals surface area contributed by atoms with Crippen LogP contribution in [0, 0.1) is 17.5 Å². The number of halogens is 3. The molecule has 2 atom stereocenters. The van der Waals surface area contributed by atoms with Crippen molar-refractivity contribution in [3.8, 4) is 5.75 Å². The van der Waals surface area contributed by atoms with E-state index in [2.05, 4.69) is 16.0 Å². The minimum atomic E-state index is -0.978. The molecule has 0 radical (unpaired) electrons. The summed E-state index contributed by atoms with van der Waals surface area (Å²) in [5, 5.41) is 7.27. The molecule has 0 aliphatic carbocycles. The topological polar surface area (TPSA) is 99.8 Å². The lowest BCUT2D eigenvalue weighted by Gasteiger charge is -2.21. The number of anilines is 1. The first-order valence-corrected chi connectivity index (χ1v) is 9.60. The van der Waals surface area contributed by atoms with Crippen LogP contribution >= 0.6 is 0 Å². The molecule has 1 aliphatic heterocycles. The van der Waals surface area contributed by atoms with Crippen molar-refractivity contribution < 1.29 is 32.3 Å². The zero-order chi connectivity index (χ0) is 23.4. The molecule has 8 nitrogen and oxygen atoms in total. The van der Waals surface area contributed by atoms with Crippen LogP contribution in [0.1, 0.15) is 11.5 Å². The molecule has 1 aliphatic rings. The number of carbonyl (C=O) groups excluding carboxylic acids is 3. The summed E-state index contributed by atoms with van der Waals surface area (Å²) < 4.78 is 47.4. The van der Waals surface area contributed by atoms with E-state index in [0.29, 0.717) is 5.69 Å². The molecule has 0 spiro atoms. The lowest BCUT2D eigenvalue weighted by atomic mass is 9.93. The molecule has 4 amide bonds. The Balaban J connectivity index is 1.86. The van der Waals surface area contributed by atoms with Gasteiger partial charge in [-0.3, -0.25) is 9.59 Å². The van der Waals surface area contributed by atoms with Gasteiger partial charge in [0.25, 0.3) is 0 Å². The monoisotopic (exact) mass is 450 g/mol. The Labute approximate surface area is 181 Å². The van der Waals surface area contributed by atoms with Gasteiger partial charge in [0.2, 0.25) is 0 Å². The number of rotatable bonds is 4. The highest BCUT2D eigenvalue weighted by atomic mass is 19.1. The molecule has 170 valence electrons. The number of benzene rings is 2. The Bertz CT molecular complexity index is 1010. The average molecular weight is 450 g/mol. The number of nitrogens with zero attached hydrogens (tertiary/aromatic N) is 1. The maximum absolute atomic E-state index is 14.7. The van der Waals surface area contributed by atoms with Gasteiger partial charge in [-0.05, 0) is 24.3 Å². The van der Waals surface area contributed by atoms with Crippen molar-refractivity contribution in [3.63, 3.8) is 0 Å². The number of hydrogen-bond acceptors (Lipinski definition) is 4. The quantitative estimate of drug-likeness (QED) is 0.621. The number of methoxy groups -OCH3 is 1. The first-order valence-electron chi connectivity index (χ1n) is 9.60. The highest BCUT2D eigenvalue weighted by Crippen LogP contribution is 2.33. The summed E-state index contributed by atoms with van der Waals surface area (Å²) in [6, 6.07) is 5.34. The van der Waals surface area contributed by atoms with Gasteiger partial charge >= 0.3 is 17.8 Å². The zero-order valence-corrected chi connectivity index (χ0v) is 17.2. The van der Waals surface area contributed by atoms with Gasteiger partial charge < -0.3 is 25.6 Å². The van der Waals surface area contributed by atoms with Crippen molar-refractivity contribution >= 4 is 23.5 Å². The first kappa shape index (κ1) is 22.9. The fourth-order valence-electron chi connectivity index (χ4n) is 3.56. The Morgan fingerprint density at radius 1 is 1.03 bits per heavy atom. The summed E-state index contributed by atoms with van der Waals surface area (Å²) in [6.45, 7) is -0.355. The molecule has 2 aromatic carbocycles. The van der Waals surface area contributed by atoms with Gasteiger partial charge in [0.1, 0.15) is 23.2 Å². The molecule has 3 rings (SSSR count). The third-order valence-corrected chi connectivity index (χ3v) is 5.11. The van der Waals surface area contributed by atoms with Crippen LogP contribution in [-0.2, 0) is 9.59 Å². The van der Waals surface area contributed by atoms with E-state index in [1.54, 1.807) is 0 Å². The Morgan fingerprint density at radius 3 is 2.22 bits per heavy atom. The average Bonchev–Trinajstić information content (AvgIpc) is 3.16. The summed E-state index contributed by atoms with van der Waals surface area (Å²) in [7, 11) is 2.54. The van der Waals surface area contributed by atoms with E-state index in [4.69, 9.17) is 4.74 Å². The van der Waals surface area contributed by atoms with Crippen LogP contribution in [0.15, 0.2) is 36.4 Å². The molecule has 11 heteroatoms. The molecule has 1 saturated heterocycles. The number of urea groups is 1. The Kier molecular flexibility index (Phi) is 6.86. The summed E-state index contributed by atoms with van der Waals surface area (Å²) in [5.74, 6) is -5.10. The minimum absolute atomic E-state index is 0.0291. The van der Waals surface area contributed by atoms with Crippen LogP contribution in [0.4, 0.5) is 23.7 Å². The molecule has 2 unspecified atom stereocenters. The minimum Gasteiger partial charge on any atom is -0.497 e. The summed E-state index contributed by atoms with van der Waals surface area (Å²) in [6.07, 6.45) is 0. The van der Waals surface area contributed by atoms with Gasteiger partial charge in [-0.25, -0.2) is 18.0 Å². The maximum Gasteiger partial charge on any atom is 0.319 e. The van der Waals surface area contributed by atoms with Crippen LogP contribution in [0.5, 0.6) is 5.75 Å². The van der Waals surface area contributed by atoms with Crippen molar-refractivity contribution in [2.45, 2.75) is 12.0 Å². The van der Waals surface area contributed by atoms with Crippen molar-refractivity contribution in [2.24, 2.45) is 0 Å². The van der Waals surface area contributed by atoms with Crippen molar-refractivity contribution in [3.05, 3.63) is 59.4 Å². The van der Waals surface area contributed by atoms with Gasteiger partial charge in [0.15, 0.2) is 0 Å². The normalized spacial score (nSPS) is 17.6. The van der Waals surface area contributed by atoms with E-state index in [0.717, 1.165) is 29.2 Å². The van der Waals surface area contributed by atoms with Crippen LogP contribution in [0.2, 0.25) is 0 Å². The predicted octanol–water partition coefficient (Wildman–Crippen LogP) is 1.97. The van der Waals surface area contributed by atoms with Gasteiger partial charge in [0.05, 0.1) is 13.2 Å². The maximum atomic E-state index is 14.7. The number of ether oxygens (including phenoxy) is 1. The van der Waals surface area contributed by atoms with E-state index in [9.17, 15) is 27.6 Å². The standard InChI is InChI=1S/C21H21F3N4O4/c1-25-19(29)20(30)28-9-14(18-15(23)7-13(32-2)8-16(18)24)17(10-28)27-21(31)26-12-5-3-11(22)4-6-12/h3-8,14,17H,9-10H2,1-2H3,(H,25,29)(H2,26,27,31). The number of hydrogen-bond donors (Lipinski definition) is 3. The first-order chi connectivity index (χ1) is 15.2. The van der Waals surface area contributed by atoms with E-state index < -0.39 is 47.3 Å². The number of carbonyl (C=O) groups is 3. The second-order valence-electron chi connectivity index (χ2n) is 7.11. The smallest absolute Gasteiger partial charge is 0.319 e. The molecule has 2 aromatic rings. The van der Waals surface area contributed by atoms with Crippen molar-refractivity contribution in [1.82, 2.24) is 15.5 Å². The molecule has 0 saturated carbocycles. The van der Waals surface area contributed by atoms with Crippen LogP contribution in [-0.4, -0.2) is 56.0 Å². The lowest BCUT2D eigenvalue weighted by Crippen LogP contribution is -2.44. The van der Waals surface area contributed by atoms with Crippen molar-refractivity contribution in [2.75, 3.05) is 32.6 Å². The lowest BCUT2D eigenvalue weighted by molar-refractivity contribution is -0.144. The largest absolute Gasteiger partial charge is 0.497 e. The molecular weight excluding hydrogens is 429 g/mol. The Hall–Kier alpha value is -3.76. The summed E-state index contributed by atoms with van der Waals surface area (Å²) in [4.78, 5) is 37.6. The fourth-order valence-corrected chi connectivity index (χ4v) is 3.56. The number of likely N-dealkylation sites (N-methyl/N-ethyl adjacent to an activating group) is 1. The molecule has 3 N–H and O–H groups in total. The van der Waals surface area contributed by atoms with Crippen molar-refractivity contribution in [1.29, 1.82) is 0 Å². The van der Waals surface area contributed by atoms with Gasteiger partial charge in [-0.1, -0.05) is 0 Å². The Morgan fingerprint density at radius 2 is 1.66 bits per heavy atom. The fraction of sp³-hybridized carbons (Fsp3) is 0.286. The SMILES string of the molecule is CNC(=O)C(=O)N1CC(NC(=O)Nc2ccc(F)cc2)C(c2c(F)cc(OC)cc2F)C1. The molecule has 0 aromatic heterocycles. The molecule has 0 bridgehead atoms. The highest BCUT2D eigenvalue weighted by molar-refractivity contribution is 6.35. The van der Waals surface area contributed by atoms with E-state index in [1.165, 1.54) is 26.3 Å². The number of likely N-dealkylation sites (tertiary alicyclic amines) is 1. The van der Waals surface area contributed by atoms with Crippen LogP contribution in [0.25, 0.3) is 0 Å². The molecule has 1 fully saturated rings. The highest BCUT2D eigenvalue weighted by Gasteiger charge is 2.41. The van der Waals surface area contributed by atoms with Gasteiger partial charge in [0, 0.05) is 49.4 Å². The third-order valence-electron chi connectivity index (χ3n) is 5.11. The number of nitrogens with one attached hydrogen (secondary N) is 3. The van der Waals surface area contributed by atoms with Crippen LogP contribution in [0.3, 0.4) is 0 Å². The second kappa shape index (κ2) is 9.58. The second-order valence-corrected chi connectivity index (χ2v) is 7.11.